The van der Waals surface area contributed by atoms with Gasteiger partial charge in [-0.15, -0.1) is 11.8 Å². The molecule has 0 spiro atoms. The molecular formula is C29H35N5O3S. The molecule has 0 aliphatic heterocycles. The molecule has 0 N–H and O–H groups in total. The zero-order valence-electron chi connectivity index (χ0n) is 23.1. The number of carbonyl (C=O) groups is 1. The Morgan fingerprint density at radius 3 is 2.24 bits per heavy atom. The van der Waals surface area contributed by atoms with Crippen LogP contribution in [-0.2, 0) is 29.6 Å². The maximum Gasteiger partial charge on any atom is 0.315 e. The van der Waals surface area contributed by atoms with Crippen molar-refractivity contribution in [2.24, 2.45) is 7.05 Å². The van der Waals surface area contributed by atoms with Gasteiger partial charge in [0.05, 0.1) is 35.6 Å². The Labute approximate surface area is 228 Å². The minimum atomic E-state index is -0.540. The van der Waals surface area contributed by atoms with E-state index in [1.165, 1.54) is 0 Å². The Morgan fingerprint density at radius 2 is 1.66 bits per heavy atom. The van der Waals surface area contributed by atoms with Gasteiger partial charge in [0.1, 0.15) is 18.3 Å². The van der Waals surface area contributed by atoms with Crippen LogP contribution in [0, 0.1) is 13.8 Å². The number of hydrogen-bond donors (Lipinski definition) is 0. The van der Waals surface area contributed by atoms with Gasteiger partial charge in [-0.3, -0.25) is 24.7 Å². The molecule has 0 fully saturated rings. The summed E-state index contributed by atoms with van der Waals surface area (Å²) in [7, 11) is 2.00. The monoisotopic (exact) mass is 533 g/mol. The summed E-state index contributed by atoms with van der Waals surface area (Å²) in [6, 6.07) is 6.03. The molecule has 3 heterocycles. The average molecular weight is 534 g/mol. The lowest BCUT2D eigenvalue weighted by molar-refractivity contribution is -0.145. The van der Waals surface area contributed by atoms with E-state index in [1.807, 2.05) is 46.0 Å². The molecule has 200 valence electrons. The highest BCUT2D eigenvalue weighted by Gasteiger charge is 2.32. The van der Waals surface area contributed by atoms with Crippen LogP contribution in [-0.4, -0.2) is 41.8 Å². The Morgan fingerprint density at radius 1 is 1.00 bits per heavy atom. The van der Waals surface area contributed by atoms with Gasteiger partial charge in [-0.05, 0) is 39.0 Å². The number of rotatable bonds is 9. The third-order valence-corrected chi connectivity index (χ3v) is 7.19. The number of aryl methyl sites for hydroxylation is 3. The van der Waals surface area contributed by atoms with Gasteiger partial charge in [0.2, 0.25) is 0 Å². The Kier molecular flexibility index (Phi) is 8.35. The smallest absolute Gasteiger partial charge is 0.315 e. The normalized spacial score (nSPS) is 12.5. The molecule has 9 heteroatoms. The van der Waals surface area contributed by atoms with Crippen LogP contribution in [0.25, 0.3) is 10.9 Å². The van der Waals surface area contributed by atoms with Gasteiger partial charge in [-0.1, -0.05) is 20.8 Å². The van der Waals surface area contributed by atoms with Crippen molar-refractivity contribution in [1.29, 1.82) is 0 Å². The number of ether oxygens (including phenoxy) is 2. The fourth-order valence-electron chi connectivity index (χ4n) is 4.22. The highest BCUT2D eigenvalue weighted by molar-refractivity contribution is 8.00. The fraction of sp³-hybridized carbons (Fsp3) is 0.414. The SMILES string of the molecule is CCOC(=O)C(Cc1cnc(C)cn1)c1c(SC(C)(C)C)c2cc(OCc3cnc(C)cn3)ccc2n1C. The first kappa shape index (κ1) is 27.6. The first-order chi connectivity index (χ1) is 18.1. The number of aromatic nitrogens is 5. The average Bonchev–Trinajstić information content (AvgIpc) is 3.12. The molecule has 0 radical (unpaired) electrons. The van der Waals surface area contributed by atoms with Gasteiger partial charge in [0, 0.05) is 58.3 Å². The Bertz CT molecular complexity index is 1410. The van der Waals surface area contributed by atoms with Crippen LogP contribution in [0.1, 0.15) is 62.1 Å². The first-order valence-electron chi connectivity index (χ1n) is 12.7. The highest BCUT2D eigenvalue weighted by Crippen LogP contribution is 2.45. The summed E-state index contributed by atoms with van der Waals surface area (Å²) in [5, 5.41) is 1.03. The highest BCUT2D eigenvalue weighted by atomic mass is 32.2. The number of carbonyl (C=O) groups excluding carboxylic acids is 1. The summed E-state index contributed by atoms with van der Waals surface area (Å²) in [5.74, 6) is -0.0859. The fourth-order valence-corrected chi connectivity index (χ4v) is 5.49. The number of benzene rings is 1. The predicted molar refractivity (Wildman–Crippen MR) is 149 cm³/mol. The third kappa shape index (κ3) is 6.51. The maximum atomic E-state index is 13.4. The van der Waals surface area contributed by atoms with Crippen molar-refractivity contribution in [3.05, 3.63) is 71.5 Å². The van der Waals surface area contributed by atoms with E-state index in [2.05, 4.69) is 45.3 Å². The van der Waals surface area contributed by atoms with E-state index in [9.17, 15) is 4.79 Å². The molecule has 38 heavy (non-hydrogen) atoms. The molecule has 0 aliphatic carbocycles. The van der Waals surface area contributed by atoms with Gasteiger partial charge in [0.15, 0.2) is 0 Å². The Balaban J connectivity index is 1.79. The number of hydrogen-bond acceptors (Lipinski definition) is 8. The quantitative estimate of drug-likeness (QED) is 0.199. The number of thioether (sulfide) groups is 1. The van der Waals surface area contributed by atoms with Gasteiger partial charge in [-0.2, -0.15) is 0 Å². The van der Waals surface area contributed by atoms with Crippen LogP contribution in [0.2, 0.25) is 0 Å². The van der Waals surface area contributed by atoms with Crippen molar-refractivity contribution in [1.82, 2.24) is 24.5 Å². The van der Waals surface area contributed by atoms with Crippen LogP contribution in [0.5, 0.6) is 5.75 Å². The summed E-state index contributed by atoms with van der Waals surface area (Å²) in [5.41, 5.74) is 5.12. The van der Waals surface area contributed by atoms with Gasteiger partial charge < -0.3 is 14.0 Å². The molecule has 0 aliphatic rings. The molecule has 1 atom stereocenters. The molecule has 0 saturated carbocycles. The molecule has 0 saturated heterocycles. The molecule has 4 aromatic rings. The predicted octanol–water partition coefficient (Wildman–Crippen LogP) is 5.73. The lowest BCUT2D eigenvalue weighted by Gasteiger charge is -2.22. The van der Waals surface area contributed by atoms with Crippen LogP contribution >= 0.6 is 11.8 Å². The second kappa shape index (κ2) is 11.5. The van der Waals surface area contributed by atoms with E-state index in [-0.39, 0.29) is 10.7 Å². The number of nitrogens with zero attached hydrogens (tertiary/aromatic N) is 5. The summed E-state index contributed by atoms with van der Waals surface area (Å²) in [6.45, 7) is 12.8. The third-order valence-electron chi connectivity index (χ3n) is 5.95. The van der Waals surface area contributed by atoms with Crippen LogP contribution in [0.4, 0.5) is 0 Å². The maximum absolute atomic E-state index is 13.4. The molecule has 8 nitrogen and oxygen atoms in total. The summed E-state index contributed by atoms with van der Waals surface area (Å²) in [4.78, 5) is 32.0. The van der Waals surface area contributed by atoms with Crippen molar-refractivity contribution in [2.75, 3.05) is 6.61 Å². The molecule has 4 rings (SSSR count). The van der Waals surface area contributed by atoms with Crippen LogP contribution in [0.3, 0.4) is 0 Å². The van der Waals surface area contributed by atoms with E-state index in [0.717, 1.165) is 50.0 Å². The van der Waals surface area contributed by atoms with Gasteiger partial charge >= 0.3 is 5.97 Å². The van der Waals surface area contributed by atoms with E-state index in [4.69, 9.17) is 9.47 Å². The largest absolute Gasteiger partial charge is 0.487 e. The van der Waals surface area contributed by atoms with Gasteiger partial charge in [-0.25, -0.2) is 0 Å². The summed E-state index contributed by atoms with van der Waals surface area (Å²) in [6.07, 6.45) is 7.32. The standard InChI is InChI=1S/C29H35N5O3S/c1-8-36-28(35)24(11-20-15-30-18(2)13-32-20)26-27(38-29(4,5)6)23-12-22(9-10-25(23)34(26)7)37-17-21-16-31-19(3)14-33-21/h9-10,12-16,24H,8,11,17H2,1-7H3. The topological polar surface area (TPSA) is 92.0 Å². The second-order valence-electron chi connectivity index (χ2n) is 10.3. The van der Waals surface area contributed by atoms with E-state index in [0.29, 0.717) is 19.6 Å². The second-order valence-corrected chi connectivity index (χ2v) is 12.1. The van der Waals surface area contributed by atoms with Crippen molar-refractivity contribution in [3.8, 4) is 5.75 Å². The minimum absolute atomic E-state index is 0.0970. The summed E-state index contributed by atoms with van der Waals surface area (Å²) >= 11 is 1.74. The molecule has 3 aromatic heterocycles. The molecule has 1 unspecified atom stereocenters. The number of esters is 1. The van der Waals surface area contributed by atoms with Crippen molar-refractivity contribution < 1.29 is 14.3 Å². The van der Waals surface area contributed by atoms with E-state index >= 15 is 0 Å². The van der Waals surface area contributed by atoms with Gasteiger partial charge in [0.25, 0.3) is 0 Å². The van der Waals surface area contributed by atoms with Crippen molar-refractivity contribution in [3.63, 3.8) is 0 Å². The lowest BCUT2D eigenvalue weighted by atomic mass is 9.99. The zero-order valence-corrected chi connectivity index (χ0v) is 23.9. The molecule has 1 aromatic carbocycles. The zero-order chi connectivity index (χ0) is 27.4. The summed E-state index contributed by atoms with van der Waals surface area (Å²) < 4.78 is 13.7. The number of fused-ring (bicyclic) bond motifs is 1. The first-order valence-corrected chi connectivity index (χ1v) is 13.5. The molecule has 0 bridgehead atoms. The molecule has 0 amide bonds. The van der Waals surface area contributed by atoms with Crippen molar-refractivity contribution in [2.45, 2.75) is 70.1 Å². The lowest BCUT2D eigenvalue weighted by Crippen LogP contribution is -2.22. The van der Waals surface area contributed by atoms with Crippen LogP contribution < -0.4 is 4.74 Å². The molecular weight excluding hydrogens is 498 g/mol. The van der Waals surface area contributed by atoms with E-state index in [1.54, 1.807) is 36.5 Å². The van der Waals surface area contributed by atoms with E-state index < -0.39 is 5.92 Å². The van der Waals surface area contributed by atoms with Crippen molar-refractivity contribution >= 4 is 28.6 Å². The van der Waals surface area contributed by atoms with Crippen LogP contribution in [0.15, 0.2) is 47.9 Å². The minimum Gasteiger partial charge on any atom is -0.487 e. The Hall–Kier alpha value is -3.46.